The second-order valence-electron chi connectivity index (χ2n) is 6.38. The number of aliphatic imine (C=N–C) groups is 1. The van der Waals surface area contributed by atoms with Crippen molar-refractivity contribution in [3.63, 3.8) is 0 Å². The smallest absolute Gasteiger partial charge is 0.336 e. The van der Waals surface area contributed by atoms with E-state index in [-0.39, 0.29) is 17.6 Å². The molecule has 1 aliphatic carbocycles. The molecule has 1 aromatic heterocycles. The summed E-state index contributed by atoms with van der Waals surface area (Å²) in [7, 11) is 1.36. The number of carbonyl (C=O) groups is 2. The summed E-state index contributed by atoms with van der Waals surface area (Å²) in [6.07, 6.45) is 2.15. The lowest BCUT2D eigenvalue weighted by atomic mass is 9.69. The summed E-state index contributed by atoms with van der Waals surface area (Å²) in [6, 6.07) is 1.97. The monoisotopic (exact) mass is 361 g/mol. The molecule has 0 bridgehead atoms. The van der Waals surface area contributed by atoms with Gasteiger partial charge in [0.1, 0.15) is 11.5 Å². The second kappa shape index (κ2) is 7.20. The van der Waals surface area contributed by atoms with Gasteiger partial charge >= 0.3 is 5.97 Å². The van der Waals surface area contributed by atoms with Crippen molar-refractivity contribution in [1.82, 2.24) is 0 Å². The Bertz CT molecular complexity index is 774. The number of carbonyl (C=O) groups excluding carboxylic acids is 2. The van der Waals surface area contributed by atoms with E-state index in [1.54, 1.807) is 11.8 Å². The molecule has 5 nitrogen and oxygen atoms in total. The normalized spacial score (nSPS) is 23.4. The summed E-state index contributed by atoms with van der Waals surface area (Å²) < 4.78 is 10.9. The second-order valence-corrected chi connectivity index (χ2v) is 7.65. The van der Waals surface area contributed by atoms with Crippen molar-refractivity contribution >= 4 is 29.2 Å². The lowest BCUT2D eigenvalue weighted by molar-refractivity contribution is -0.136. The standard InChI is InChI=1S/C19H23NO4S/c1-5-25-15-9-12(11(3)24-15)17-16(19(22)23-4)10(2)20-13-7-6-8-14(21)18(13)17/h9,17-18H,5-8H2,1-4H3/t17-,18?/m0/s1. The average molecular weight is 361 g/mol. The number of rotatable bonds is 4. The zero-order chi connectivity index (χ0) is 18.1. The fraction of sp³-hybridized carbons (Fsp3) is 0.526. The lowest BCUT2D eigenvalue weighted by Crippen LogP contribution is -2.39. The van der Waals surface area contributed by atoms with Gasteiger partial charge in [-0.1, -0.05) is 18.7 Å². The zero-order valence-corrected chi connectivity index (χ0v) is 15.9. The quantitative estimate of drug-likeness (QED) is 0.598. The summed E-state index contributed by atoms with van der Waals surface area (Å²) in [4.78, 5) is 29.8. The molecule has 134 valence electrons. The number of ketones is 1. The Morgan fingerprint density at radius 2 is 2.12 bits per heavy atom. The summed E-state index contributed by atoms with van der Waals surface area (Å²) in [5.74, 6) is 0.605. The van der Waals surface area contributed by atoms with E-state index in [9.17, 15) is 9.59 Å². The van der Waals surface area contributed by atoms with Crippen LogP contribution in [0.1, 0.15) is 50.4 Å². The molecule has 2 heterocycles. The molecule has 0 radical (unpaired) electrons. The highest BCUT2D eigenvalue weighted by molar-refractivity contribution is 7.99. The van der Waals surface area contributed by atoms with Crippen molar-refractivity contribution < 1.29 is 18.7 Å². The molecule has 1 unspecified atom stereocenters. The van der Waals surface area contributed by atoms with Gasteiger partial charge in [-0.2, -0.15) is 0 Å². The molecule has 0 spiro atoms. The van der Waals surface area contributed by atoms with E-state index in [0.717, 1.165) is 40.7 Å². The molecule has 0 aromatic carbocycles. The van der Waals surface area contributed by atoms with Crippen LogP contribution in [-0.4, -0.2) is 30.3 Å². The molecule has 3 rings (SSSR count). The van der Waals surface area contributed by atoms with Crippen LogP contribution in [0.2, 0.25) is 0 Å². The Morgan fingerprint density at radius 1 is 1.36 bits per heavy atom. The number of allylic oxidation sites excluding steroid dienone is 1. The Hall–Kier alpha value is -1.82. The summed E-state index contributed by atoms with van der Waals surface area (Å²) in [6.45, 7) is 5.76. The Morgan fingerprint density at radius 3 is 2.80 bits per heavy atom. The molecule has 0 amide bonds. The maximum Gasteiger partial charge on any atom is 0.336 e. The van der Waals surface area contributed by atoms with Crippen LogP contribution < -0.4 is 0 Å². The molecule has 1 aliphatic heterocycles. The topological polar surface area (TPSA) is 68.9 Å². The molecule has 25 heavy (non-hydrogen) atoms. The lowest BCUT2D eigenvalue weighted by Gasteiger charge is -2.35. The largest absolute Gasteiger partial charge is 0.466 e. The molecule has 0 saturated heterocycles. The van der Waals surface area contributed by atoms with Crippen molar-refractivity contribution in [1.29, 1.82) is 0 Å². The van der Waals surface area contributed by atoms with E-state index >= 15 is 0 Å². The number of hydrogen-bond acceptors (Lipinski definition) is 6. The van der Waals surface area contributed by atoms with Crippen LogP contribution >= 0.6 is 11.8 Å². The number of thioether (sulfide) groups is 1. The minimum Gasteiger partial charge on any atom is -0.466 e. The number of Topliss-reactive ketones (excluding diaryl/α,β-unsaturated/α-hetero) is 1. The first-order valence-corrected chi connectivity index (χ1v) is 9.58. The summed E-state index contributed by atoms with van der Waals surface area (Å²) >= 11 is 1.61. The Kier molecular flexibility index (Phi) is 5.18. The fourth-order valence-electron chi connectivity index (χ4n) is 3.82. The highest BCUT2D eigenvalue weighted by atomic mass is 32.2. The molecule has 2 atom stereocenters. The Labute approximate surface area is 151 Å². The van der Waals surface area contributed by atoms with Crippen molar-refractivity contribution in [3.05, 3.63) is 28.7 Å². The highest BCUT2D eigenvalue weighted by Gasteiger charge is 2.44. The fourth-order valence-corrected chi connectivity index (χ4v) is 4.50. The first-order chi connectivity index (χ1) is 12.0. The van der Waals surface area contributed by atoms with Crippen LogP contribution in [0.25, 0.3) is 0 Å². The predicted octanol–water partition coefficient (Wildman–Crippen LogP) is 4.05. The number of hydrogen-bond donors (Lipinski definition) is 0. The molecule has 0 N–H and O–H groups in total. The van der Waals surface area contributed by atoms with E-state index < -0.39 is 5.97 Å². The van der Waals surface area contributed by atoms with Gasteiger partial charge in [-0.05, 0) is 38.5 Å². The van der Waals surface area contributed by atoms with Crippen LogP contribution in [0.15, 0.2) is 31.8 Å². The van der Waals surface area contributed by atoms with Crippen molar-refractivity contribution in [2.45, 2.75) is 51.0 Å². The number of esters is 1. The Balaban J connectivity index is 2.16. The molecular formula is C19H23NO4S. The third-order valence-electron chi connectivity index (χ3n) is 4.87. The maximum absolute atomic E-state index is 12.7. The van der Waals surface area contributed by atoms with Crippen molar-refractivity contribution in [2.24, 2.45) is 10.9 Å². The highest BCUT2D eigenvalue weighted by Crippen LogP contribution is 2.45. The van der Waals surface area contributed by atoms with Gasteiger partial charge in [-0.3, -0.25) is 9.79 Å². The minimum atomic E-state index is -0.422. The van der Waals surface area contributed by atoms with Gasteiger partial charge in [-0.15, -0.1) is 0 Å². The number of ether oxygens (including phenoxy) is 1. The van der Waals surface area contributed by atoms with Crippen molar-refractivity contribution in [3.8, 4) is 0 Å². The van der Waals surface area contributed by atoms with E-state index in [1.807, 2.05) is 19.9 Å². The summed E-state index contributed by atoms with van der Waals surface area (Å²) in [5.41, 5.74) is 2.89. The van der Waals surface area contributed by atoms with Gasteiger partial charge in [0.25, 0.3) is 0 Å². The van der Waals surface area contributed by atoms with Gasteiger partial charge in [0.2, 0.25) is 0 Å². The van der Waals surface area contributed by atoms with Crippen LogP contribution in [0.5, 0.6) is 0 Å². The zero-order valence-electron chi connectivity index (χ0n) is 15.0. The van der Waals surface area contributed by atoms with E-state index in [2.05, 4.69) is 11.9 Å². The van der Waals surface area contributed by atoms with Crippen LogP contribution in [0.3, 0.4) is 0 Å². The molecular weight excluding hydrogens is 338 g/mol. The number of nitrogens with zero attached hydrogens (tertiary/aromatic N) is 1. The average Bonchev–Trinajstić information content (AvgIpc) is 2.93. The third-order valence-corrected chi connectivity index (χ3v) is 5.64. The molecule has 1 aromatic rings. The summed E-state index contributed by atoms with van der Waals surface area (Å²) in [5, 5.41) is 0.809. The first kappa shape index (κ1) is 18.0. The molecule has 1 fully saturated rings. The first-order valence-electron chi connectivity index (χ1n) is 8.60. The van der Waals surface area contributed by atoms with E-state index in [1.165, 1.54) is 7.11 Å². The maximum atomic E-state index is 12.7. The molecule has 2 aliphatic rings. The number of furan rings is 1. The SMILES string of the molecule is CCSc1cc([C@H]2C(C(=O)OC)=C(C)N=C3CCCC(=O)C32)c(C)o1. The van der Waals surface area contributed by atoms with E-state index in [0.29, 0.717) is 17.7 Å². The van der Waals surface area contributed by atoms with E-state index in [4.69, 9.17) is 9.15 Å². The predicted molar refractivity (Wildman–Crippen MR) is 97.1 cm³/mol. The third kappa shape index (κ3) is 3.19. The van der Waals surface area contributed by atoms with Gasteiger partial charge in [-0.25, -0.2) is 4.79 Å². The number of aryl methyl sites for hydroxylation is 1. The van der Waals surface area contributed by atoms with Gasteiger partial charge in [0.15, 0.2) is 5.09 Å². The molecule has 1 saturated carbocycles. The van der Waals surface area contributed by atoms with Gasteiger partial charge in [0, 0.05) is 29.3 Å². The number of methoxy groups -OCH3 is 1. The number of fused-ring (bicyclic) bond motifs is 1. The van der Waals surface area contributed by atoms with Crippen LogP contribution in [0, 0.1) is 12.8 Å². The minimum absolute atomic E-state index is 0.147. The van der Waals surface area contributed by atoms with Crippen molar-refractivity contribution in [2.75, 3.05) is 12.9 Å². The van der Waals surface area contributed by atoms with Crippen LogP contribution in [-0.2, 0) is 14.3 Å². The van der Waals surface area contributed by atoms with Gasteiger partial charge < -0.3 is 9.15 Å². The van der Waals surface area contributed by atoms with Crippen LogP contribution in [0.4, 0.5) is 0 Å². The van der Waals surface area contributed by atoms with Gasteiger partial charge in [0.05, 0.1) is 18.6 Å². The molecule has 6 heteroatoms.